The number of benzene rings is 4. The van der Waals surface area contributed by atoms with Gasteiger partial charge in [-0.3, -0.25) is 0 Å². The molecule has 0 unspecified atom stereocenters. The molecule has 2 nitrogen and oxygen atoms in total. The molecular formula is C54H56N2. The molecule has 0 bridgehead atoms. The number of hydrogen-bond donors (Lipinski definition) is 0. The Morgan fingerprint density at radius 1 is 0.679 bits per heavy atom. The van der Waals surface area contributed by atoms with Gasteiger partial charge in [0.2, 0.25) is 0 Å². The normalized spacial score (nSPS) is 14.8. The lowest BCUT2D eigenvalue weighted by Gasteiger charge is -2.29. The van der Waals surface area contributed by atoms with E-state index in [2.05, 4.69) is 225 Å². The van der Waals surface area contributed by atoms with Gasteiger partial charge in [-0.2, -0.15) is 0 Å². The van der Waals surface area contributed by atoms with Gasteiger partial charge in [-0.15, -0.1) is 0 Å². The Bertz CT molecular complexity index is 2200. The fourth-order valence-corrected chi connectivity index (χ4v) is 7.14. The number of nitrogens with zero attached hydrogens (tertiary/aromatic N) is 2. The molecule has 2 aliphatic rings. The maximum Gasteiger partial charge on any atom is 0.0491 e. The molecule has 0 saturated heterocycles. The minimum absolute atomic E-state index is 0.908. The van der Waals surface area contributed by atoms with Gasteiger partial charge in [0.1, 0.15) is 0 Å². The molecular weight excluding hydrogens is 677 g/mol. The van der Waals surface area contributed by atoms with Crippen molar-refractivity contribution in [1.82, 2.24) is 0 Å². The average Bonchev–Trinajstić information content (AvgIpc) is 3.23. The highest BCUT2D eigenvalue weighted by molar-refractivity contribution is 5.74. The van der Waals surface area contributed by atoms with Crippen LogP contribution >= 0.6 is 0 Å². The van der Waals surface area contributed by atoms with E-state index < -0.39 is 0 Å². The van der Waals surface area contributed by atoms with E-state index in [9.17, 15) is 0 Å². The lowest BCUT2D eigenvalue weighted by molar-refractivity contribution is 0.967. The van der Waals surface area contributed by atoms with Gasteiger partial charge >= 0.3 is 0 Å². The average molecular weight is 733 g/mol. The highest BCUT2D eigenvalue weighted by Crippen LogP contribution is 2.35. The van der Waals surface area contributed by atoms with Gasteiger partial charge in [0.15, 0.2) is 0 Å². The van der Waals surface area contributed by atoms with Crippen molar-refractivity contribution < 1.29 is 0 Å². The summed E-state index contributed by atoms with van der Waals surface area (Å²) in [5, 5.41) is 0. The Morgan fingerprint density at radius 2 is 1.29 bits per heavy atom. The fraction of sp³-hybridized carbons (Fsp3) is 0.185. The van der Waals surface area contributed by atoms with E-state index in [0.29, 0.717) is 0 Å². The van der Waals surface area contributed by atoms with Gasteiger partial charge in [0, 0.05) is 34.1 Å². The smallest absolute Gasteiger partial charge is 0.0491 e. The monoisotopic (exact) mass is 732 g/mol. The Labute approximate surface area is 336 Å². The van der Waals surface area contributed by atoms with Crippen molar-refractivity contribution in [1.29, 1.82) is 0 Å². The van der Waals surface area contributed by atoms with Gasteiger partial charge in [-0.25, -0.2) is 0 Å². The molecule has 0 amide bonds. The van der Waals surface area contributed by atoms with Crippen LogP contribution in [0.5, 0.6) is 0 Å². The van der Waals surface area contributed by atoms with Crippen LogP contribution in [0.3, 0.4) is 0 Å². The van der Waals surface area contributed by atoms with Crippen LogP contribution in [0.15, 0.2) is 217 Å². The number of para-hydroxylation sites is 2. The summed E-state index contributed by atoms with van der Waals surface area (Å²) in [7, 11) is 0. The summed E-state index contributed by atoms with van der Waals surface area (Å²) in [5.74, 6) is 0. The number of rotatable bonds is 16. The van der Waals surface area contributed by atoms with Crippen LogP contribution in [0.2, 0.25) is 0 Å². The Kier molecular flexibility index (Phi) is 14.5. The van der Waals surface area contributed by atoms with Crippen LogP contribution in [0.4, 0.5) is 22.7 Å². The summed E-state index contributed by atoms with van der Waals surface area (Å²) in [6.45, 7) is 10.9. The summed E-state index contributed by atoms with van der Waals surface area (Å²) in [4.78, 5) is 4.71. The molecule has 0 fully saturated rings. The molecule has 0 atom stereocenters. The second kappa shape index (κ2) is 20.5. The molecule has 4 aromatic rings. The van der Waals surface area contributed by atoms with Gasteiger partial charge < -0.3 is 9.80 Å². The van der Waals surface area contributed by atoms with E-state index in [1.807, 2.05) is 0 Å². The molecule has 0 aromatic heterocycles. The van der Waals surface area contributed by atoms with Gasteiger partial charge in [0.05, 0.1) is 0 Å². The van der Waals surface area contributed by atoms with Crippen LogP contribution in [0.25, 0.3) is 6.08 Å². The first kappa shape index (κ1) is 39.6. The molecule has 2 aliphatic carbocycles. The maximum atomic E-state index is 4.37. The number of allylic oxidation sites excluding steroid dienone is 16. The van der Waals surface area contributed by atoms with Gasteiger partial charge in [0.25, 0.3) is 0 Å². The van der Waals surface area contributed by atoms with Crippen LogP contribution in [-0.4, -0.2) is 0 Å². The predicted octanol–water partition coefficient (Wildman–Crippen LogP) is 15.3. The topological polar surface area (TPSA) is 6.48 Å². The first-order valence-corrected chi connectivity index (χ1v) is 20.2. The third kappa shape index (κ3) is 11.2. The first-order valence-electron chi connectivity index (χ1n) is 20.2. The lowest BCUT2D eigenvalue weighted by Crippen LogP contribution is -2.17. The minimum atomic E-state index is 0.908. The molecule has 2 heteroatoms. The number of aryl methyl sites for hydroxylation is 2. The molecule has 4 aromatic carbocycles. The minimum Gasteiger partial charge on any atom is -0.311 e. The zero-order valence-electron chi connectivity index (χ0n) is 33.4. The number of anilines is 4. The third-order valence-corrected chi connectivity index (χ3v) is 10.0. The largest absolute Gasteiger partial charge is 0.311 e. The molecule has 0 N–H and O–H groups in total. The number of hydrogen-bond acceptors (Lipinski definition) is 2. The predicted molar refractivity (Wildman–Crippen MR) is 245 cm³/mol. The van der Waals surface area contributed by atoms with E-state index in [4.69, 9.17) is 0 Å². The highest BCUT2D eigenvalue weighted by atomic mass is 15.2. The SMILES string of the molecule is C=C(\C=C\C=C/C(/C=C/c1ccc(N(C2=CCCC=C2)c2ccccc2)c(C)c1)=C\C(C)=C\CC)CCc1ccc(N(C2=CCCC=C2)c2ccccc2)cc1. The van der Waals surface area contributed by atoms with Crippen molar-refractivity contribution >= 4 is 28.8 Å². The highest BCUT2D eigenvalue weighted by Gasteiger charge is 2.17. The zero-order chi connectivity index (χ0) is 39.0. The summed E-state index contributed by atoms with van der Waals surface area (Å²) in [6.07, 6.45) is 38.4. The maximum absolute atomic E-state index is 4.37. The summed E-state index contributed by atoms with van der Waals surface area (Å²) >= 11 is 0. The molecule has 282 valence electrons. The standard InChI is InChI=1S/C54H56N2/c1-5-20-44(3)41-47(33-34-48-37-40-54(45(4)42-48)56(51-27-14-8-15-28-51)52-29-16-9-17-30-52)22-19-18-21-43(2)31-32-46-35-38-53(39-36-46)55(49-23-10-6-11-24-49)50-25-12-7-13-26-50/h6,8,10-12,14-16,18-30,33-42H,2,5,7,9,13,17,31-32H2,1,3-4H3/b21-18+,22-19-,34-33+,44-20+,47-41+. The zero-order valence-corrected chi connectivity index (χ0v) is 33.4. The van der Waals surface area contributed by atoms with Crippen molar-refractivity contribution in [2.24, 2.45) is 0 Å². The van der Waals surface area contributed by atoms with Gasteiger partial charge in [-0.05, 0) is 142 Å². The summed E-state index contributed by atoms with van der Waals surface area (Å²) in [5.41, 5.74) is 14.4. The molecule has 0 saturated carbocycles. The van der Waals surface area contributed by atoms with Gasteiger partial charge in [-0.1, -0.05) is 152 Å². The molecule has 0 aliphatic heterocycles. The van der Waals surface area contributed by atoms with E-state index in [0.717, 1.165) is 56.1 Å². The third-order valence-electron chi connectivity index (χ3n) is 10.0. The molecule has 0 spiro atoms. The first-order chi connectivity index (χ1) is 27.5. The molecule has 56 heavy (non-hydrogen) atoms. The quantitative estimate of drug-likeness (QED) is 0.106. The van der Waals surface area contributed by atoms with Crippen molar-refractivity contribution in [2.75, 3.05) is 9.80 Å². The Hall–Kier alpha value is -6.12. The second-order valence-corrected chi connectivity index (χ2v) is 14.5. The summed E-state index contributed by atoms with van der Waals surface area (Å²) < 4.78 is 0. The Morgan fingerprint density at radius 3 is 1.89 bits per heavy atom. The molecule has 6 rings (SSSR count). The fourth-order valence-electron chi connectivity index (χ4n) is 7.14. The van der Waals surface area contributed by atoms with Crippen LogP contribution in [-0.2, 0) is 6.42 Å². The Balaban J connectivity index is 1.09. The van der Waals surface area contributed by atoms with Crippen LogP contribution in [0, 0.1) is 6.92 Å². The van der Waals surface area contributed by atoms with Crippen molar-refractivity contribution in [3.63, 3.8) is 0 Å². The van der Waals surface area contributed by atoms with E-state index in [1.165, 1.54) is 56.4 Å². The van der Waals surface area contributed by atoms with E-state index in [-0.39, 0.29) is 0 Å². The second-order valence-electron chi connectivity index (χ2n) is 14.5. The van der Waals surface area contributed by atoms with Crippen molar-refractivity contribution in [3.05, 3.63) is 233 Å². The van der Waals surface area contributed by atoms with E-state index in [1.54, 1.807) is 0 Å². The van der Waals surface area contributed by atoms with E-state index >= 15 is 0 Å². The van der Waals surface area contributed by atoms with Crippen molar-refractivity contribution in [2.45, 2.75) is 65.7 Å². The van der Waals surface area contributed by atoms with Crippen LogP contribution in [0.1, 0.15) is 69.1 Å². The molecule has 0 radical (unpaired) electrons. The lowest BCUT2D eigenvalue weighted by atomic mass is 10.0. The molecule has 0 heterocycles. The summed E-state index contributed by atoms with van der Waals surface area (Å²) in [6, 6.07) is 37.0. The van der Waals surface area contributed by atoms with Crippen molar-refractivity contribution in [3.8, 4) is 0 Å². The van der Waals surface area contributed by atoms with Crippen LogP contribution < -0.4 is 9.80 Å².